The summed E-state index contributed by atoms with van der Waals surface area (Å²) in [4.78, 5) is 16.9. The van der Waals surface area contributed by atoms with Crippen molar-refractivity contribution in [2.75, 3.05) is 11.9 Å². The van der Waals surface area contributed by atoms with Gasteiger partial charge in [0, 0.05) is 22.4 Å². The van der Waals surface area contributed by atoms with Crippen LogP contribution in [0.1, 0.15) is 41.5 Å². The van der Waals surface area contributed by atoms with Crippen LogP contribution in [-0.2, 0) is 0 Å². The van der Waals surface area contributed by atoms with Gasteiger partial charge < -0.3 is 10.2 Å². The number of amides is 2. The van der Waals surface area contributed by atoms with Crippen molar-refractivity contribution in [3.05, 3.63) is 51.7 Å². The fraction of sp³-hybridized carbons (Fsp3) is 0.389. The molecule has 0 radical (unpaired) electrons. The summed E-state index contributed by atoms with van der Waals surface area (Å²) in [5.41, 5.74) is 0.00626. The van der Waals surface area contributed by atoms with Gasteiger partial charge >= 0.3 is 6.03 Å². The topological polar surface area (TPSA) is 32.3 Å². The Balaban J connectivity index is 1.81. The van der Waals surface area contributed by atoms with Gasteiger partial charge in [0.1, 0.15) is 11.6 Å². The maximum absolute atomic E-state index is 13.8. The minimum atomic E-state index is -0.762. The number of carbonyl (C=O) groups excluding carboxylic acids is 1. The van der Waals surface area contributed by atoms with Crippen molar-refractivity contribution in [1.29, 1.82) is 0 Å². The van der Waals surface area contributed by atoms with Gasteiger partial charge in [-0.25, -0.2) is 13.6 Å². The molecule has 24 heavy (non-hydrogen) atoms. The van der Waals surface area contributed by atoms with Gasteiger partial charge in [-0.1, -0.05) is 12.8 Å². The monoisotopic (exact) mass is 350 g/mol. The Bertz CT molecular complexity index is 732. The van der Waals surface area contributed by atoms with Crippen LogP contribution in [0.4, 0.5) is 19.3 Å². The predicted molar refractivity (Wildman–Crippen MR) is 92.3 cm³/mol. The number of hydrogen-bond acceptors (Lipinski definition) is 2. The van der Waals surface area contributed by atoms with E-state index in [0.717, 1.165) is 42.7 Å². The first kappa shape index (κ1) is 16.9. The second kappa shape index (κ2) is 7.30. The van der Waals surface area contributed by atoms with E-state index in [1.165, 1.54) is 10.9 Å². The number of halogens is 2. The van der Waals surface area contributed by atoms with E-state index in [1.54, 1.807) is 16.2 Å². The Kier molecular flexibility index (Phi) is 5.14. The third-order valence-electron chi connectivity index (χ3n) is 4.28. The van der Waals surface area contributed by atoms with E-state index in [9.17, 15) is 13.6 Å². The number of hydrogen-bond donors (Lipinski definition) is 1. The molecular formula is C18H20F2N2OS. The molecule has 0 unspecified atom stereocenters. The smallest absolute Gasteiger partial charge is 0.317 e. The van der Waals surface area contributed by atoms with Crippen molar-refractivity contribution in [3.8, 4) is 0 Å². The average molecular weight is 350 g/mol. The lowest BCUT2D eigenvalue weighted by atomic mass is 10.1. The number of anilines is 1. The maximum atomic E-state index is 13.8. The van der Waals surface area contributed by atoms with E-state index in [0.29, 0.717) is 6.54 Å². The van der Waals surface area contributed by atoms with Crippen molar-refractivity contribution in [3.63, 3.8) is 0 Å². The second-order valence-electron chi connectivity index (χ2n) is 6.06. The molecule has 6 heteroatoms. The van der Waals surface area contributed by atoms with Crippen LogP contribution in [0.15, 0.2) is 30.3 Å². The molecular weight excluding hydrogens is 330 g/mol. The van der Waals surface area contributed by atoms with E-state index < -0.39 is 11.6 Å². The van der Waals surface area contributed by atoms with Gasteiger partial charge in [0.2, 0.25) is 0 Å². The predicted octanol–water partition coefficient (Wildman–Crippen LogP) is 5.48. The van der Waals surface area contributed by atoms with E-state index in [-0.39, 0.29) is 17.8 Å². The average Bonchev–Trinajstić information content (AvgIpc) is 2.83. The summed E-state index contributed by atoms with van der Waals surface area (Å²) in [6.07, 6.45) is 3.98. The lowest BCUT2D eigenvalue weighted by Gasteiger charge is -2.29. The summed E-state index contributed by atoms with van der Waals surface area (Å²) in [7, 11) is 0. The molecule has 0 saturated carbocycles. The van der Waals surface area contributed by atoms with Crippen LogP contribution >= 0.6 is 11.3 Å². The summed E-state index contributed by atoms with van der Waals surface area (Å²) >= 11 is 1.69. The third kappa shape index (κ3) is 3.75. The molecule has 1 saturated heterocycles. The summed E-state index contributed by atoms with van der Waals surface area (Å²) in [6, 6.07) is 6.97. The Hall–Kier alpha value is -1.95. The third-order valence-corrected chi connectivity index (χ3v) is 5.38. The molecule has 2 amide bonds. The molecule has 1 N–H and O–H groups in total. The van der Waals surface area contributed by atoms with Gasteiger partial charge in [-0.15, -0.1) is 11.3 Å². The Morgan fingerprint density at radius 3 is 2.75 bits per heavy atom. The van der Waals surface area contributed by atoms with E-state index in [2.05, 4.69) is 17.4 Å². The van der Waals surface area contributed by atoms with Crippen molar-refractivity contribution in [2.24, 2.45) is 0 Å². The van der Waals surface area contributed by atoms with E-state index >= 15 is 0 Å². The van der Waals surface area contributed by atoms with Gasteiger partial charge in [0.05, 0.1) is 11.7 Å². The Labute approximate surface area is 144 Å². The molecule has 1 aliphatic rings. The minimum Gasteiger partial charge on any atom is -0.317 e. The van der Waals surface area contributed by atoms with E-state index in [4.69, 9.17) is 0 Å². The van der Waals surface area contributed by atoms with Crippen LogP contribution < -0.4 is 5.32 Å². The van der Waals surface area contributed by atoms with Crippen LogP contribution in [0, 0.1) is 18.6 Å². The first-order chi connectivity index (χ1) is 11.5. The van der Waals surface area contributed by atoms with Gasteiger partial charge in [-0.2, -0.15) is 0 Å². The number of nitrogens with one attached hydrogen (secondary N) is 1. The quantitative estimate of drug-likeness (QED) is 0.764. The number of nitrogens with zero attached hydrogens (tertiary/aromatic N) is 1. The lowest BCUT2D eigenvalue weighted by molar-refractivity contribution is 0.190. The van der Waals surface area contributed by atoms with Crippen LogP contribution in [0.3, 0.4) is 0 Å². The molecule has 1 aromatic carbocycles. The molecule has 0 aliphatic carbocycles. The van der Waals surface area contributed by atoms with Gasteiger partial charge in [0.15, 0.2) is 0 Å². The molecule has 1 atom stereocenters. The van der Waals surface area contributed by atoms with Crippen molar-refractivity contribution >= 4 is 23.1 Å². The highest BCUT2D eigenvalue weighted by molar-refractivity contribution is 7.12. The standard InChI is InChI=1S/C18H20F2N2OS/c1-12-6-9-17(24-12)16-5-3-2-4-10-22(16)18(23)21-15-8-7-13(19)11-14(15)20/h6-9,11,16H,2-5,10H2,1H3,(H,21,23)/t16-/m1/s1. The molecule has 1 fully saturated rings. The second-order valence-corrected chi connectivity index (χ2v) is 7.38. The molecule has 128 valence electrons. The van der Waals surface area contributed by atoms with E-state index in [1.807, 2.05) is 6.92 Å². The number of benzene rings is 1. The number of rotatable bonds is 2. The number of likely N-dealkylation sites (tertiary alicyclic amines) is 1. The normalized spacial score (nSPS) is 18.3. The van der Waals surface area contributed by atoms with Gasteiger partial charge in [0.25, 0.3) is 0 Å². The van der Waals surface area contributed by atoms with Crippen molar-refractivity contribution in [1.82, 2.24) is 4.90 Å². The van der Waals surface area contributed by atoms with Gasteiger partial charge in [-0.3, -0.25) is 0 Å². The summed E-state index contributed by atoms with van der Waals surface area (Å²) in [6.45, 7) is 2.68. The maximum Gasteiger partial charge on any atom is 0.322 e. The van der Waals surface area contributed by atoms with Gasteiger partial charge in [-0.05, 0) is 44.0 Å². The summed E-state index contributed by atoms with van der Waals surface area (Å²) in [5, 5.41) is 2.59. The molecule has 1 aromatic heterocycles. The molecule has 2 heterocycles. The lowest BCUT2D eigenvalue weighted by Crippen LogP contribution is -2.38. The first-order valence-electron chi connectivity index (χ1n) is 8.13. The van der Waals surface area contributed by atoms with Crippen LogP contribution in [0.5, 0.6) is 0 Å². The molecule has 2 aromatic rings. The zero-order valence-corrected chi connectivity index (χ0v) is 14.3. The first-order valence-corrected chi connectivity index (χ1v) is 8.95. The zero-order chi connectivity index (χ0) is 17.1. The van der Waals surface area contributed by atoms with Crippen molar-refractivity contribution in [2.45, 2.75) is 38.6 Å². The zero-order valence-electron chi connectivity index (χ0n) is 13.5. The number of urea groups is 1. The SMILES string of the molecule is Cc1ccc([C@H]2CCCCCN2C(=O)Nc2ccc(F)cc2F)s1. The van der Waals surface area contributed by atoms with Crippen molar-refractivity contribution < 1.29 is 13.6 Å². The Morgan fingerprint density at radius 2 is 2.04 bits per heavy atom. The highest BCUT2D eigenvalue weighted by Crippen LogP contribution is 2.34. The van der Waals surface area contributed by atoms with Crippen LogP contribution in [0.25, 0.3) is 0 Å². The highest BCUT2D eigenvalue weighted by Gasteiger charge is 2.28. The number of carbonyl (C=O) groups is 1. The fourth-order valence-corrected chi connectivity index (χ4v) is 4.08. The minimum absolute atomic E-state index is 0.00626. The summed E-state index contributed by atoms with van der Waals surface area (Å²) in [5.74, 6) is -1.42. The van der Waals surface area contributed by atoms with Crippen LogP contribution in [-0.4, -0.2) is 17.5 Å². The number of thiophene rings is 1. The highest BCUT2D eigenvalue weighted by atomic mass is 32.1. The molecule has 0 bridgehead atoms. The van der Waals surface area contributed by atoms with Crippen LogP contribution in [0.2, 0.25) is 0 Å². The molecule has 3 rings (SSSR count). The summed E-state index contributed by atoms with van der Waals surface area (Å²) < 4.78 is 26.8. The largest absolute Gasteiger partial charge is 0.322 e. The number of aryl methyl sites for hydroxylation is 1. The molecule has 0 spiro atoms. The fourth-order valence-electron chi connectivity index (χ4n) is 3.06. The Morgan fingerprint density at radius 1 is 1.21 bits per heavy atom. The molecule has 3 nitrogen and oxygen atoms in total. The molecule has 1 aliphatic heterocycles.